The summed E-state index contributed by atoms with van der Waals surface area (Å²) in [6, 6.07) is 0. The van der Waals surface area contributed by atoms with Gasteiger partial charge in [0.15, 0.2) is 25.0 Å². The average Bonchev–Trinajstić information content (AvgIpc) is 3.60. The van der Waals surface area contributed by atoms with E-state index in [0.29, 0.717) is 44.9 Å². The van der Waals surface area contributed by atoms with Crippen molar-refractivity contribution < 1.29 is 143 Å². The number of carbonyl (C=O) groups is 3. The van der Waals surface area contributed by atoms with Gasteiger partial charge in [0.05, 0.1) is 55.6 Å². The van der Waals surface area contributed by atoms with Crippen molar-refractivity contribution in [2.24, 2.45) is 56.2 Å². The summed E-state index contributed by atoms with van der Waals surface area (Å²) in [6.45, 7) is 15.8. The van der Waals surface area contributed by atoms with E-state index in [1.807, 2.05) is 6.92 Å². The minimum atomic E-state index is -2.09. The van der Waals surface area contributed by atoms with E-state index in [9.17, 15) is 70.6 Å². The van der Waals surface area contributed by atoms with Crippen LogP contribution in [0.5, 0.6) is 0 Å². The van der Waals surface area contributed by atoms with E-state index in [2.05, 4.69) is 40.7 Å². The third-order valence-electron chi connectivity index (χ3n) is 21.3. The first-order chi connectivity index (χ1) is 36.0. The van der Waals surface area contributed by atoms with Gasteiger partial charge in [0.2, 0.25) is 0 Å². The standard InChI is InChI=1S/C54H84O23.Na/c1-22(23(2)71-24(3)57)45(68)70-21-54-26-16-49(4,5)43(42(54)65)73-32(54)17-53(9)25(26)10-11-30-50(6)14-13-31(51(7,20-56)29(50)12-15-52(30,53)8)74-48-40(76-46-36(62)33(59)27(58)19-69-46)38(64)39(41(77-48)44(66)67)75-47-37(63)35(61)34(60)28(18-55)72-47;/h10,22-23,26-43,46-48,55-56,58-65H,11-21H2,1-9H3,(H,66,67);/q;+1/t22?,23?,26?,27-,28-,29?,30?,31?,32-,33+,34-,35+,36-,37-,38+,39+,40-,41+,42?,43-,46+,47-,48-,50?,51-,52?,53?,54?;/m1./s1. The number of carbonyl (C=O) groups excluding carboxylic acids is 2. The Morgan fingerprint density at radius 2 is 1.42 bits per heavy atom. The molecule has 9 aliphatic rings. The average molecular weight is 1120 g/mol. The smallest absolute Gasteiger partial charge is 0.479 e. The van der Waals surface area contributed by atoms with Crippen LogP contribution in [-0.2, 0) is 57.0 Å². The largest absolute Gasteiger partial charge is 1.00 e. The number of aliphatic hydroxyl groups is 10. The zero-order chi connectivity index (χ0) is 56.4. The van der Waals surface area contributed by atoms with Crippen LogP contribution in [0.2, 0.25) is 0 Å². The van der Waals surface area contributed by atoms with E-state index in [0.717, 1.165) is 0 Å². The van der Waals surface area contributed by atoms with Crippen LogP contribution in [0.25, 0.3) is 0 Å². The van der Waals surface area contributed by atoms with Crippen LogP contribution in [0.1, 0.15) is 107 Å². The van der Waals surface area contributed by atoms with Gasteiger partial charge in [0.25, 0.3) is 0 Å². The second-order valence-corrected chi connectivity index (χ2v) is 25.8. The molecular formula is C54H84NaO23+. The van der Waals surface area contributed by atoms with Crippen molar-refractivity contribution in [3.05, 3.63) is 11.6 Å². The Morgan fingerprint density at radius 1 is 0.756 bits per heavy atom. The van der Waals surface area contributed by atoms with Gasteiger partial charge in [-0.15, -0.1) is 0 Å². The predicted octanol–water partition coefficient (Wildman–Crippen LogP) is -3.58. The second-order valence-electron chi connectivity index (χ2n) is 25.8. The van der Waals surface area contributed by atoms with Crippen LogP contribution >= 0.6 is 0 Å². The molecule has 0 radical (unpaired) electrons. The number of rotatable bonds is 14. The monoisotopic (exact) mass is 1120 g/mol. The Balaban J connectivity index is 0.00000803. The van der Waals surface area contributed by atoms with Crippen molar-refractivity contribution in [3.8, 4) is 0 Å². The number of ether oxygens (including phenoxy) is 9. The molecule has 8 fully saturated rings. The summed E-state index contributed by atoms with van der Waals surface area (Å²) in [4.78, 5) is 38.4. The van der Waals surface area contributed by atoms with Crippen molar-refractivity contribution in [3.63, 3.8) is 0 Å². The molecule has 4 aliphatic heterocycles. The molecule has 23 nitrogen and oxygen atoms in total. The van der Waals surface area contributed by atoms with E-state index in [1.54, 1.807) is 13.8 Å². The maximum absolute atomic E-state index is 13.6. The Bertz CT molecular complexity index is 2240. The van der Waals surface area contributed by atoms with Crippen LogP contribution in [0.3, 0.4) is 0 Å². The Morgan fingerprint density at radius 3 is 2.06 bits per heavy atom. The summed E-state index contributed by atoms with van der Waals surface area (Å²) < 4.78 is 54.3. The Kier molecular flexibility index (Phi) is 18.0. The van der Waals surface area contributed by atoms with Crippen LogP contribution in [-0.4, -0.2) is 217 Å². The van der Waals surface area contributed by atoms with E-state index in [-0.39, 0.29) is 65.9 Å². The SMILES string of the molecule is CC(=O)OC(C)C(C)C(=O)OCC12C3CC(C)(C)[C@H](O[C@@H]1CC1(C)C3=CCC3C4(C)CCC(O[C@@H]5O[C@H](C(=O)O)[C@@H](O[C@H]6O[C@H](CO)[C@@H](O)[C@H](O)[C@H]6O)[C@H](O)[C@H]5O[C@@H]5OC[C@@H](O)[C@H](O)[C@H]5O)[C@](C)(CO)C4CCC31C)C2O.[Na+]. The van der Waals surface area contributed by atoms with E-state index in [1.165, 1.54) is 12.5 Å². The number of aliphatic hydroxyl groups excluding tert-OH is 10. The van der Waals surface area contributed by atoms with Gasteiger partial charge >= 0.3 is 47.5 Å². The zero-order valence-electron chi connectivity index (χ0n) is 46.5. The molecule has 5 aliphatic carbocycles. The molecule has 9 rings (SSSR count). The zero-order valence-corrected chi connectivity index (χ0v) is 48.5. The van der Waals surface area contributed by atoms with Gasteiger partial charge in [-0.1, -0.05) is 53.2 Å². The molecule has 438 valence electrons. The molecule has 0 spiro atoms. The number of carboxylic acid groups (broad SMARTS) is 1. The summed E-state index contributed by atoms with van der Waals surface area (Å²) in [6.07, 6.45) is -22.8. The van der Waals surface area contributed by atoms with Gasteiger partial charge in [-0.25, -0.2) is 4.79 Å². The summed E-state index contributed by atoms with van der Waals surface area (Å²) in [5.41, 5.74) is -2.40. The maximum Gasteiger partial charge on any atom is 1.00 e. The fourth-order valence-electron chi connectivity index (χ4n) is 16.5. The van der Waals surface area contributed by atoms with Crippen LogP contribution < -0.4 is 29.6 Å². The number of fused-ring (bicyclic) bond motifs is 7. The summed E-state index contributed by atoms with van der Waals surface area (Å²) in [7, 11) is 0. The minimum absolute atomic E-state index is 0. The van der Waals surface area contributed by atoms with Gasteiger partial charge < -0.3 is 98.8 Å². The molecule has 0 amide bonds. The number of hydrogen-bond acceptors (Lipinski definition) is 22. The van der Waals surface area contributed by atoms with Gasteiger partial charge in [-0.2, -0.15) is 0 Å². The normalized spacial score (nSPS) is 51.0. The maximum atomic E-state index is 13.6. The molecule has 4 saturated heterocycles. The number of allylic oxidation sites excluding steroid dienone is 2. The number of hydrogen-bond donors (Lipinski definition) is 11. The minimum Gasteiger partial charge on any atom is -0.479 e. The quantitative estimate of drug-likeness (QED) is 0.0347. The van der Waals surface area contributed by atoms with Crippen LogP contribution in [0.15, 0.2) is 11.6 Å². The third-order valence-corrected chi connectivity index (χ3v) is 21.3. The molecule has 0 aromatic rings. The van der Waals surface area contributed by atoms with E-state index < -0.39 is 181 Å². The van der Waals surface area contributed by atoms with Gasteiger partial charge in [-0.05, 0) is 98.2 Å². The fourth-order valence-corrected chi connectivity index (χ4v) is 16.5. The molecular weight excluding hydrogens is 1040 g/mol. The third kappa shape index (κ3) is 9.81. The fraction of sp³-hybridized carbons (Fsp3) is 0.907. The molecule has 0 aromatic heterocycles. The topological polar surface area (TPSA) is 357 Å². The summed E-state index contributed by atoms with van der Waals surface area (Å²) in [5, 5.41) is 120. The van der Waals surface area contributed by atoms with Crippen molar-refractivity contribution in [1.29, 1.82) is 0 Å². The molecule has 11 N–H and O–H groups in total. The summed E-state index contributed by atoms with van der Waals surface area (Å²) in [5.74, 6) is -3.82. The Labute approximate surface area is 476 Å². The molecule has 4 heterocycles. The molecule has 11 unspecified atom stereocenters. The summed E-state index contributed by atoms with van der Waals surface area (Å²) >= 11 is 0. The van der Waals surface area contributed by atoms with Gasteiger partial charge in [0, 0.05) is 12.3 Å². The first kappa shape index (κ1) is 62.5. The number of aliphatic carboxylic acids is 1. The predicted molar refractivity (Wildman–Crippen MR) is 261 cm³/mol. The van der Waals surface area contributed by atoms with Crippen molar-refractivity contribution >= 4 is 17.9 Å². The molecule has 28 atom stereocenters. The van der Waals surface area contributed by atoms with E-state index >= 15 is 0 Å². The second kappa shape index (κ2) is 22.5. The van der Waals surface area contributed by atoms with Crippen molar-refractivity contribution in [1.82, 2.24) is 0 Å². The van der Waals surface area contributed by atoms with Crippen LogP contribution in [0.4, 0.5) is 0 Å². The molecule has 78 heavy (non-hydrogen) atoms. The Hall–Kier alpha value is -1.53. The van der Waals surface area contributed by atoms with Crippen molar-refractivity contribution in [2.75, 3.05) is 26.4 Å². The first-order valence-corrected chi connectivity index (χ1v) is 27.4. The van der Waals surface area contributed by atoms with Gasteiger partial charge in [0.1, 0.15) is 73.8 Å². The number of carboxylic acids is 1. The molecule has 0 aromatic carbocycles. The van der Waals surface area contributed by atoms with Gasteiger partial charge in [-0.3, -0.25) is 9.59 Å². The van der Waals surface area contributed by atoms with Crippen LogP contribution in [0, 0.1) is 56.2 Å². The molecule has 24 heteroatoms. The molecule has 2 bridgehead atoms. The van der Waals surface area contributed by atoms with Crippen molar-refractivity contribution in [2.45, 2.75) is 224 Å². The van der Waals surface area contributed by atoms with E-state index in [4.69, 9.17) is 42.6 Å². The first-order valence-electron chi connectivity index (χ1n) is 27.4. The molecule has 4 saturated carbocycles. The number of esters is 2.